The first-order valence-corrected chi connectivity index (χ1v) is 8.65. The average Bonchev–Trinajstić information content (AvgIpc) is 2.79. The van der Waals surface area contributed by atoms with E-state index in [1.165, 1.54) is 43.8 Å². The molecule has 0 spiro atoms. The van der Waals surface area contributed by atoms with Gasteiger partial charge in [0.2, 0.25) is 20.7 Å². The van der Waals surface area contributed by atoms with E-state index in [1.54, 1.807) is 6.07 Å². The number of carbonyl (C=O) groups excluding carboxylic acids is 1. The predicted molar refractivity (Wildman–Crippen MR) is 90.7 cm³/mol. The van der Waals surface area contributed by atoms with Gasteiger partial charge in [0, 0.05) is 25.4 Å². The Bertz CT molecular complexity index is 1170. The molecule has 3 rings (SSSR count). The number of rotatable bonds is 2. The molecule has 2 heterocycles. The highest BCUT2D eigenvalue weighted by molar-refractivity contribution is 8.09. The van der Waals surface area contributed by atoms with E-state index in [-0.39, 0.29) is 21.8 Å². The lowest BCUT2D eigenvalue weighted by molar-refractivity contribution is 0.106. The zero-order chi connectivity index (χ0) is 18.5. The zero-order valence-corrected chi connectivity index (χ0v) is 14.4. The van der Waals surface area contributed by atoms with Crippen LogP contribution < -0.4 is 16.7 Å². The summed E-state index contributed by atoms with van der Waals surface area (Å²) in [5.41, 5.74) is 1.35. The lowest BCUT2D eigenvalue weighted by Gasteiger charge is -2.11. The summed E-state index contributed by atoms with van der Waals surface area (Å²) in [5, 5.41) is 2.99. The Labute approximate surface area is 142 Å². The van der Waals surface area contributed by atoms with E-state index < -0.39 is 31.9 Å². The molecule has 1 aromatic carbocycles. The van der Waals surface area contributed by atoms with Crippen molar-refractivity contribution in [3.05, 3.63) is 56.4 Å². The van der Waals surface area contributed by atoms with Crippen molar-refractivity contribution in [2.24, 2.45) is 19.2 Å². The Hall–Kier alpha value is -3.01. The minimum absolute atomic E-state index is 0.0353. The van der Waals surface area contributed by atoms with Crippen LogP contribution in [0, 0.1) is 6.92 Å². The van der Waals surface area contributed by atoms with Crippen molar-refractivity contribution in [1.29, 1.82) is 0 Å². The van der Waals surface area contributed by atoms with E-state index in [1.807, 2.05) is 0 Å². The molecule has 2 aromatic rings. The number of fused-ring (bicyclic) bond motifs is 1. The van der Waals surface area contributed by atoms with Crippen molar-refractivity contribution in [3.63, 3.8) is 0 Å². The molecule has 0 atom stereocenters. The normalized spacial score (nSPS) is 16.9. The number of Topliss-reactive ketones (excluding diaryl/α,β-unsaturated/α-hetero) is 1. The first-order valence-electron chi connectivity index (χ1n) is 7.17. The molecule has 1 aliphatic rings. The van der Waals surface area contributed by atoms with Gasteiger partial charge in [-0.25, -0.2) is 13.2 Å². The summed E-state index contributed by atoms with van der Waals surface area (Å²) in [4.78, 5) is 36.2. The third kappa shape index (κ3) is 2.33. The SMILES string of the molecule is Cc1c(NN=C2C(=O)c3ccccc3S2(=O)=O)c(=O)n(C)c(=O)n1C. The molecule has 0 saturated heterocycles. The van der Waals surface area contributed by atoms with E-state index in [0.29, 0.717) is 0 Å². The van der Waals surface area contributed by atoms with Crippen LogP contribution in [0.5, 0.6) is 0 Å². The molecule has 0 unspecified atom stereocenters. The van der Waals surface area contributed by atoms with E-state index in [4.69, 9.17) is 0 Å². The smallest absolute Gasteiger partial charge is 0.299 e. The van der Waals surface area contributed by atoms with E-state index in [2.05, 4.69) is 10.5 Å². The standard InChI is InChI=1S/C15H14N4O5S/c1-8-11(14(21)19(3)15(22)18(8)2)16-17-13-12(20)9-6-4-5-7-10(9)25(13,23)24/h4-7,16H,1-3H3. The molecule has 130 valence electrons. The third-order valence-corrected chi connectivity index (χ3v) is 5.82. The summed E-state index contributed by atoms with van der Waals surface area (Å²) in [6, 6.07) is 5.78. The summed E-state index contributed by atoms with van der Waals surface area (Å²) in [5.74, 6) is -0.748. The van der Waals surface area contributed by atoms with Crippen molar-refractivity contribution < 1.29 is 13.2 Å². The van der Waals surface area contributed by atoms with Crippen LogP contribution in [-0.2, 0) is 23.9 Å². The first kappa shape index (κ1) is 16.8. The minimum Gasteiger partial charge on any atom is -0.299 e. The lowest BCUT2D eigenvalue weighted by atomic mass is 10.1. The summed E-state index contributed by atoms with van der Waals surface area (Å²) in [7, 11) is -1.31. The molecule has 0 radical (unpaired) electrons. The van der Waals surface area contributed by atoms with Gasteiger partial charge in [0.15, 0.2) is 0 Å². The van der Waals surface area contributed by atoms with Crippen LogP contribution in [0.25, 0.3) is 0 Å². The molecule has 10 heteroatoms. The number of sulfone groups is 1. The van der Waals surface area contributed by atoms with Crippen molar-refractivity contribution in [2.75, 3.05) is 5.43 Å². The highest BCUT2D eigenvalue weighted by atomic mass is 32.2. The molecule has 25 heavy (non-hydrogen) atoms. The maximum atomic E-state index is 12.4. The predicted octanol–water partition coefficient (Wildman–Crippen LogP) is -0.212. The highest BCUT2D eigenvalue weighted by Crippen LogP contribution is 2.27. The summed E-state index contributed by atoms with van der Waals surface area (Å²) in [6.45, 7) is 1.50. The van der Waals surface area contributed by atoms with Gasteiger partial charge in [0.25, 0.3) is 5.56 Å². The Kier molecular flexibility index (Phi) is 3.72. The molecule has 1 aliphatic heterocycles. The largest absolute Gasteiger partial charge is 0.330 e. The number of aromatic nitrogens is 2. The van der Waals surface area contributed by atoms with Crippen LogP contribution in [0.15, 0.2) is 43.9 Å². The van der Waals surface area contributed by atoms with Crippen LogP contribution in [0.1, 0.15) is 16.1 Å². The molecule has 0 amide bonds. The number of hydrogen-bond donors (Lipinski definition) is 1. The topological polar surface area (TPSA) is 120 Å². The Morgan fingerprint density at radius 2 is 1.68 bits per heavy atom. The van der Waals surface area contributed by atoms with E-state index in [9.17, 15) is 22.8 Å². The van der Waals surface area contributed by atoms with Crippen molar-refractivity contribution in [3.8, 4) is 0 Å². The first-order chi connectivity index (χ1) is 11.7. The van der Waals surface area contributed by atoms with Crippen molar-refractivity contribution in [2.45, 2.75) is 11.8 Å². The van der Waals surface area contributed by atoms with Gasteiger partial charge in [-0.1, -0.05) is 12.1 Å². The molecular formula is C15H14N4O5S. The van der Waals surface area contributed by atoms with Crippen molar-refractivity contribution >= 4 is 26.4 Å². The molecule has 0 bridgehead atoms. The molecular weight excluding hydrogens is 348 g/mol. The monoisotopic (exact) mass is 362 g/mol. The van der Waals surface area contributed by atoms with E-state index in [0.717, 1.165) is 4.57 Å². The average molecular weight is 362 g/mol. The second kappa shape index (κ2) is 5.52. The molecule has 9 nitrogen and oxygen atoms in total. The molecule has 0 aliphatic carbocycles. The number of nitrogens with one attached hydrogen (secondary N) is 1. The number of ketones is 1. The second-order valence-electron chi connectivity index (χ2n) is 5.52. The lowest BCUT2D eigenvalue weighted by Crippen LogP contribution is -2.39. The fourth-order valence-electron chi connectivity index (χ4n) is 2.52. The van der Waals surface area contributed by atoms with Crippen molar-refractivity contribution in [1.82, 2.24) is 9.13 Å². The van der Waals surface area contributed by atoms with Crippen LogP contribution >= 0.6 is 0 Å². The van der Waals surface area contributed by atoms with E-state index >= 15 is 0 Å². The Balaban J connectivity index is 2.13. The van der Waals surface area contributed by atoms with Gasteiger partial charge >= 0.3 is 5.69 Å². The molecule has 0 fully saturated rings. The number of anilines is 1. The van der Waals surface area contributed by atoms with Crippen LogP contribution in [-0.4, -0.2) is 28.4 Å². The zero-order valence-electron chi connectivity index (χ0n) is 13.6. The fourth-order valence-corrected chi connectivity index (χ4v) is 3.96. The fraction of sp³-hybridized carbons (Fsp3) is 0.200. The maximum Gasteiger partial charge on any atom is 0.330 e. The van der Waals surface area contributed by atoms with Gasteiger partial charge in [-0.2, -0.15) is 5.10 Å². The highest BCUT2D eigenvalue weighted by Gasteiger charge is 2.41. The quantitative estimate of drug-likeness (QED) is 0.738. The van der Waals surface area contributed by atoms with Gasteiger partial charge in [0.05, 0.1) is 4.90 Å². The summed E-state index contributed by atoms with van der Waals surface area (Å²) in [6.07, 6.45) is 0. The minimum atomic E-state index is -4.06. The number of benzene rings is 1. The number of carbonyl (C=O) groups is 1. The molecule has 1 N–H and O–H groups in total. The number of nitrogens with zero attached hydrogens (tertiary/aromatic N) is 3. The molecule has 0 saturated carbocycles. The third-order valence-electron chi connectivity index (χ3n) is 4.10. The second-order valence-corrected chi connectivity index (χ2v) is 7.36. The van der Waals surface area contributed by atoms with Crippen LogP contribution in [0.4, 0.5) is 5.69 Å². The molecule has 1 aromatic heterocycles. The van der Waals surface area contributed by atoms with Gasteiger partial charge in [0.1, 0.15) is 5.69 Å². The van der Waals surface area contributed by atoms with Gasteiger partial charge in [-0.15, -0.1) is 0 Å². The number of hydrazone groups is 1. The Morgan fingerprint density at radius 3 is 2.32 bits per heavy atom. The van der Waals surface area contributed by atoms with Crippen LogP contribution in [0.2, 0.25) is 0 Å². The van der Waals surface area contributed by atoms with Gasteiger partial charge in [-0.05, 0) is 19.1 Å². The Morgan fingerprint density at radius 1 is 1.04 bits per heavy atom. The summed E-state index contributed by atoms with van der Waals surface area (Å²) < 4.78 is 27.0. The number of hydrogen-bond acceptors (Lipinski definition) is 7. The van der Waals surface area contributed by atoms with Gasteiger partial charge in [-0.3, -0.25) is 24.1 Å². The van der Waals surface area contributed by atoms with Crippen LogP contribution in [0.3, 0.4) is 0 Å². The maximum absolute atomic E-state index is 12.4. The summed E-state index contributed by atoms with van der Waals surface area (Å²) >= 11 is 0. The van der Waals surface area contributed by atoms with Gasteiger partial charge < -0.3 is 0 Å².